The second-order valence-corrected chi connectivity index (χ2v) is 6.16. The molecule has 1 unspecified atom stereocenters. The summed E-state index contributed by atoms with van der Waals surface area (Å²) in [5.74, 6) is 0.697. The Labute approximate surface area is 118 Å². The van der Waals surface area contributed by atoms with E-state index in [1.165, 1.54) is 50.5 Å². The smallest absolute Gasteiger partial charge is 0.0108 e. The van der Waals surface area contributed by atoms with Gasteiger partial charge in [0.2, 0.25) is 0 Å². The molecule has 1 atom stereocenters. The highest BCUT2D eigenvalue weighted by Crippen LogP contribution is 2.25. The van der Waals surface area contributed by atoms with E-state index in [2.05, 4.69) is 32.0 Å². The van der Waals surface area contributed by atoms with Gasteiger partial charge in [0.25, 0.3) is 0 Å². The summed E-state index contributed by atoms with van der Waals surface area (Å²) in [6, 6.07) is 7.38. The molecular formula is C18H29N. The molecule has 1 aromatic rings. The van der Waals surface area contributed by atoms with Crippen molar-refractivity contribution >= 4 is 0 Å². The minimum atomic E-state index is 0.333. The van der Waals surface area contributed by atoms with Crippen LogP contribution >= 0.6 is 0 Å². The van der Waals surface area contributed by atoms with Gasteiger partial charge in [-0.3, -0.25) is 0 Å². The zero-order chi connectivity index (χ0) is 13.7. The predicted molar refractivity (Wildman–Crippen MR) is 83.5 cm³/mol. The van der Waals surface area contributed by atoms with Crippen molar-refractivity contribution in [3.8, 4) is 0 Å². The minimum Gasteiger partial charge on any atom is -0.327 e. The Bertz CT molecular complexity index is 391. The fraction of sp³-hybridized carbons (Fsp3) is 0.667. The van der Waals surface area contributed by atoms with E-state index in [1.54, 1.807) is 11.1 Å². The van der Waals surface area contributed by atoms with Crippen molar-refractivity contribution in [2.24, 2.45) is 11.7 Å². The molecule has 0 saturated heterocycles. The van der Waals surface area contributed by atoms with E-state index in [1.807, 2.05) is 0 Å². The lowest BCUT2D eigenvalue weighted by atomic mass is 9.87. The molecular weight excluding hydrogens is 230 g/mol. The Morgan fingerprint density at radius 1 is 1.05 bits per heavy atom. The molecule has 1 aliphatic rings. The average Bonchev–Trinajstić information content (AvgIpc) is 2.86. The van der Waals surface area contributed by atoms with Crippen LogP contribution in [0.2, 0.25) is 0 Å². The van der Waals surface area contributed by atoms with Crippen LogP contribution in [0.15, 0.2) is 18.2 Å². The Hall–Kier alpha value is -0.820. The van der Waals surface area contributed by atoms with Crippen LogP contribution in [0.5, 0.6) is 0 Å². The molecule has 0 aliphatic heterocycles. The van der Waals surface area contributed by atoms with Gasteiger partial charge >= 0.3 is 0 Å². The van der Waals surface area contributed by atoms with Gasteiger partial charge in [-0.1, -0.05) is 44.9 Å². The largest absolute Gasteiger partial charge is 0.327 e. The fourth-order valence-electron chi connectivity index (χ4n) is 3.51. The fourth-order valence-corrected chi connectivity index (χ4v) is 3.51. The number of benzene rings is 1. The Kier molecular flexibility index (Phi) is 5.45. The molecule has 2 N–H and O–H groups in total. The van der Waals surface area contributed by atoms with Crippen molar-refractivity contribution in [3.63, 3.8) is 0 Å². The number of rotatable bonds is 7. The molecule has 1 heteroatoms. The molecule has 0 heterocycles. The van der Waals surface area contributed by atoms with Crippen LogP contribution in [0.25, 0.3) is 0 Å². The monoisotopic (exact) mass is 259 g/mol. The number of fused-ring (bicyclic) bond motifs is 1. The van der Waals surface area contributed by atoms with Crippen LogP contribution in [0.1, 0.15) is 62.6 Å². The Balaban J connectivity index is 1.98. The van der Waals surface area contributed by atoms with E-state index in [-0.39, 0.29) is 0 Å². The zero-order valence-corrected chi connectivity index (χ0v) is 12.6. The number of aryl methyl sites for hydroxylation is 2. The first-order valence-corrected chi connectivity index (χ1v) is 8.10. The lowest BCUT2D eigenvalue weighted by Gasteiger charge is -2.23. The van der Waals surface area contributed by atoms with E-state index >= 15 is 0 Å². The van der Waals surface area contributed by atoms with E-state index in [4.69, 9.17) is 5.73 Å². The van der Waals surface area contributed by atoms with Gasteiger partial charge in [0.05, 0.1) is 0 Å². The molecule has 1 nitrogen and oxygen atoms in total. The average molecular weight is 259 g/mol. The molecule has 1 aromatic carbocycles. The molecule has 0 saturated carbocycles. The summed E-state index contributed by atoms with van der Waals surface area (Å²) < 4.78 is 0. The van der Waals surface area contributed by atoms with Crippen molar-refractivity contribution in [3.05, 3.63) is 34.9 Å². The lowest BCUT2D eigenvalue weighted by Crippen LogP contribution is -2.32. The summed E-state index contributed by atoms with van der Waals surface area (Å²) in [7, 11) is 0. The summed E-state index contributed by atoms with van der Waals surface area (Å²) in [4.78, 5) is 0. The third kappa shape index (κ3) is 3.82. The van der Waals surface area contributed by atoms with Gasteiger partial charge in [-0.25, -0.2) is 0 Å². The highest BCUT2D eigenvalue weighted by Gasteiger charge is 2.18. The minimum absolute atomic E-state index is 0.333. The summed E-state index contributed by atoms with van der Waals surface area (Å²) in [6.07, 6.45) is 9.99. The first kappa shape index (κ1) is 14.6. The predicted octanol–water partition coefficient (Wildman–Crippen LogP) is 4.26. The standard InChI is InChI=1S/C18H29N/c1-3-6-16(7-4-2)18(19)13-14-10-11-15-8-5-9-17(15)12-14/h10-12,16,18H,3-9,13,19H2,1-2H3. The van der Waals surface area contributed by atoms with Crippen molar-refractivity contribution in [1.82, 2.24) is 0 Å². The first-order valence-electron chi connectivity index (χ1n) is 8.10. The summed E-state index contributed by atoms with van der Waals surface area (Å²) in [5, 5.41) is 0. The van der Waals surface area contributed by atoms with E-state index in [0.717, 1.165) is 6.42 Å². The van der Waals surface area contributed by atoms with Gasteiger partial charge in [0, 0.05) is 6.04 Å². The summed E-state index contributed by atoms with van der Waals surface area (Å²) in [5.41, 5.74) is 11.1. The Morgan fingerprint density at radius 2 is 1.74 bits per heavy atom. The molecule has 0 fully saturated rings. The van der Waals surface area contributed by atoms with Gasteiger partial charge in [-0.05, 0) is 61.1 Å². The second kappa shape index (κ2) is 7.09. The van der Waals surface area contributed by atoms with E-state index in [9.17, 15) is 0 Å². The molecule has 0 bridgehead atoms. The van der Waals surface area contributed by atoms with Crippen molar-refractivity contribution in [1.29, 1.82) is 0 Å². The quantitative estimate of drug-likeness (QED) is 0.778. The molecule has 106 valence electrons. The third-order valence-corrected chi connectivity index (χ3v) is 4.56. The van der Waals surface area contributed by atoms with Gasteiger partial charge in [-0.15, -0.1) is 0 Å². The van der Waals surface area contributed by atoms with Gasteiger partial charge in [0.1, 0.15) is 0 Å². The summed E-state index contributed by atoms with van der Waals surface area (Å²) >= 11 is 0. The van der Waals surface area contributed by atoms with Crippen molar-refractivity contribution < 1.29 is 0 Å². The van der Waals surface area contributed by atoms with E-state index < -0.39 is 0 Å². The zero-order valence-electron chi connectivity index (χ0n) is 12.6. The molecule has 2 rings (SSSR count). The van der Waals surface area contributed by atoms with Gasteiger partial charge < -0.3 is 5.73 Å². The van der Waals surface area contributed by atoms with Gasteiger partial charge in [0.15, 0.2) is 0 Å². The van der Waals surface area contributed by atoms with Crippen molar-refractivity contribution in [2.75, 3.05) is 0 Å². The van der Waals surface area contributed by atoms with Crippen LogP contribution < -0.4 is 5.73 Å². The number of hydrogen-bond donors (Lipinski definition) is 1. The maximum atomic E-state index is 6.47. The van der Waals surface area contributed by atoms with E-state index in [0.29, 0.717) is 12.0 Å². The highest BCUT2D eigenvalue weighted by molar-refractivity contribution is 5.35. The van der Waals surface area contributed by atoms with Crippen LogP contribution in [-0.2, 0) is 19.3 Å². The third-order valence-electron chi connectivity index (χ3n) is 4.56. The van der Waals surface area contributed by atoms with Crippen LogP contribution in [0.4, 0.5) is 0 Å². The molecule has 0 amide bonds. The molecule has 0 spiro atoms. The normalized spacial score (nSPS) is 15.8. The number of nitrogens with two attached hydrogens (primary N) is 1. The maximum Gasteiger partial charge on any atom is 0.0108 e. The SMILES string of the molecule is CCCC(CCC)C(N)Cc1ccc2c(c1)CCC2. The lowest BCUT2D eigenvalue weighted by molar-refractivity contribution is 0.360. The van der Waals surface area contributed by atoms with Crippen LogP contribution in [0, 0.1) is 5.92 Å². The Morgan fingerprint density at radius 3 is 2.42 bits per heavy atom. The maximum absolute atomic E-state index is 6.47. The molecule has 0 aromatic heterocycles. The van der Waals surface area contributed by atoms with Gasteiger partial charge in [-0.2, -0.15) is 0 Å². The molecule has 1 aliphatic carbocycles. The topological polar surface area (TPSA) is 26.0 Å². The summed E-state index contributed by atoms with van der Waals surface area (Å²) in [6.45, 7) is 4.54. The van der Waals surface area contributed by atoms with Crippen molar-refractivity contribution in [2.45, 2.75) is 71.3 Å². The van der Waals surface area contributed by atoms with Crippen LogP contribution in [-0.4, -0.2) is 6.04 Å². The second-order valence-electron chi connectivity index (χ2n) is 6.16. The van der Waals surface area contributed by atoms with Crippen LogP contribution in [0.3, 0.4) is 0 Å². The first-order chi connectivity index (χ1) is 9.24. The number of hydrogen-bond acceptors (Lipinski definition) is 1. The highest BCUT2D eigenvalue weighted by atomic mass is 14.6. The molecule has 19 heavy (non-hydrogen) atoms. The molecule has 0 radical (unpaired) electrons.